The van der Waals surface area contributed by atoms with E-state index >= 15 is 0 Å². The number of thiazole rings is 1. The van der Waals surface area contributed by atoms with E-state index in [1.165, 1.54) is 29.3 Å². The zero-order valence-corrected chi connectivity index (χ0v) is 23.4. The van der Waals surface area contributed by atoms with Crippen molar-refractivity contribution in [1.29, 1.82) is 5.26 Å². The van der Waals surface area contributed by atoms with Crippen molar-refractivity contribution in [2.24, 2.45) is 0 Å². The van der Waals surface area contributed by atoms with Gasteiger partial charge in [0.2, 0.25) is 0 Å². The highest BCUT2D eigenvalue weighted by atomic mass is 35.5. The fourth-order valence-electron chi connectivity index (χ4n) is 4.62. The lowest BCUT2D eigenvalue weighted by atomic mass is 9.95. The van der Waals surface area contributed by atoms with Gasteiger partial charge in [0.25, 0.3) is 0 Å². The van der Waals surface area contributed by atoms with Crippen LogP contribution in [0.2, 0.25) is 9.49 Å². The van der Waals surface area contributed by atoms with E-state index in [0.29, 0.717) is 25.8 Å². The molecule has 1 aromatic carbocycles. The van der Waals surface area contributed by atoms with Gasteiger partial charge < -0.3 is 18.9 Å². The zero-order chi connectivity index (χ0) is 26.9. The third kappa shape index (κ3) is 5.41. The van der Waals surface area contributed by atoms with Crippen molar-refractivity contribution in [3.63, 3.8) is 0 Å². The van der Waals surface area contributed by atoms with Gasteiger partial charge in [0.1, 0.15) is 47.2 Å². The Bertz CT molecular complexity index is 1500. The first kappa shape index (κ1) is 26.6. The highest BCUT2D eigenvalue weighted by Crippen LogP contribution is 2.45. The molecule has 10 nitrogen and oxygen atoms in total. The zero-order valence-electron chi connectivity index (χ0n) is 20.3. The number of halogens is 2. The summed E-state index contributed by atoms with van der Waals surface area (Å²) in [4.78, 5) is 9.04. The van der Waals surface area contributed by atoms with Crippen molar-refractivity contribution in [1.82, 2.24) is 25.0 Å². The molecule has 5 heterocycles. The van der Waals surface area contributed by atoms with Crippen molar-refractivity contribution in [2.45, 2.75) is 41.0 Å². The van der Waals surface area contributed by atoms with Crippen LogP contribution in [0.25, 0.3) is 11.4 Å². The van der Waals surface area contributed by atoms with Gasteiger partial charge in [-0.1, -0.05) is 70.5 Å². The van der Waals surface area contributed by atoms with Crippen molar-refractivity contribution in [2.75, 3.05) is 13.7 Å². The Morgan fingerprint density at radius 1 is 1.21 bits per heavy atom. The van der Waals surface area contributed by atoms with Gasteiger partial charge in [-0.15, -0.1) is 16.4 Å². The normalized spacial score (nSPS) is 26.6. The van der Waals surface area contributed by atoms with Crippen LogP contribution in [-0.4, -0.2) is 62.4 Å². The fraction of sp³-hybridized carbons (Fsp3) is 0.320. The molecule has 4 unspecified atom stereocenters. The van der Waals surface area contributed by atoms with Crippen LogP contribution in [0, 0.1) is 11.3 Å². The van der Waals surface area contributed by atoms with Crippen LogP contribution in [-0.2, 0) is 18.9 Å². The lowest BCUT2D eigenvalue weighted by molar-refractivity contribution is -0.308. The predicted octanol–water partition coefficient (Wildman–Crippen LogP) is 5.16. The topological polar surface area (TPSA) is 117 Å². The van der Waals surface area contributed by atoms with E-state index in [-0.39, 0.29) is 12.3 Å². The molecular weight excluding hydrogens is 583 g/mol. The summed E-state index contributed by atoms with van der Waals surface area (Å²) in [7, 11) is 1.60. The van der Waals surface area contributed by atoms with E-state index in [2.05, 4.69) is 26.3 Å². The third-order valence-corrected chi connectivity index (χ3v) is 8.74. The van der Waals surface area contributed by atoms with Crippen LogP contribution in [0.1, 0.15) is 23.6 Å². The molecule has 3 aromatic heterocycles. The van der Waals surface area contributed by atoms with Crippen LogP contribution in [0.3, 0.4) is 0 Å². The molecule has 2 aliphatic rings. The number of aromatic nitrogens is 5. The fourth-order valence-corrected chi connectivity index (χ4v) is 6.86. The van der Waals surface area contributed by atoms with Gasteiger partial charge in [0.05, 0.1) is 17.8 Å². The first-order valence-electron chi connectivity index (χ1n) is 11.8. The maximum Gasteiger partial charge on any atom is 0.184 e. The first-order valence-corrected chi connectivity index (χ1v) is 14.3. The average Bonchev–Trinajstić information content (AvgIpc) is 3.62. The molecule has 200 valence electrons. The molecule has 0 spiro atoms. The highest BCUT2D eigenvalue weighted by Gasteiger charge is 2.52. The number of rotatable bonds is 6. The van der Waals surface area contributed by atoms with Gasteiger partial charge in [-0.05, 0) is 6.07 Å². The number of thioether (sulfide) groups is 1. The Kier molecular flexibility index (Phi) is 7.84. The van der Waals surface area contributed by atoms with E-state index < -0.39 is 36.1 Å². The Labute approximate surface area is 241 Å². The Hall–Kier alpha value is -2.60. The molecule has 2 aliphatic heterocycles. The standard InChI is InChI=1S/C25H20Cl2N6O4S2/c1-34-22-20(33-10-16(31-32-33)17-12-38-25(27)30-17)21-18(11-35-23(37-21)13-5-3-2-4-6-13)36-24(22)39-19-7-14(26)9-29-15(19)8-28/h2-7,9-10,12,18,20-24H,11H2,1H3/t18?,20?,21-,22?,23?,24+/m0/s1. The number of nitrogens with zero attached hydrogens (tertiary/aromatic N) is 6. The SMILES string of the molecule is COC1C(n2cc(-c3csc(Cl)n3)nn2)[C@H]2OC(c3ccccc3)OCC2O[C@@H]1Sc1cc(Cl)cnc1C#N. The largest absolute Gasteiger partial charge is 0.375 e. The van der Waals surface area contributed by atoms with Crippen molar-refractivity contribution >= 4 is 46.3 Å². The van der Waals surface area contributed by atoms with Gasteiger partial charge >= 0.3 is 0 Å². The number of hydrogen-bond acceptors (Lipinski definition) is 11. The Morgan fingerprint density at radius 2 is 2.05 bits per heavy atom. The maximum absolute atomic E-state index is 9.61. The van der Waals surface area contributed by atoms with Crippen molar-refractivity contribution in [3.8, 4) is 17.5 Å². The second kappa shape index (κ2) is 11.5. The molecule has 14 heteroatoms. The van der Waals surface area contributed by atoms with Crippen LogP contribution in [0.15, 0.2) is 59.1 Å². The van der Waals surface area contributed by atoms with Crippen LogP contribution in [0.5, 0.6) is 0 Å². The monoisotopic (exact) mass is 602 g/mol. The van der Waals surface area contributed by atoms with E-state index in [1.54, 1.807) is 24.1 Å². The average molecular weight is 604 g/mol. The molecule has 0 bridgehead atoms. The number of fused-ring (bicyclic) bond motifs is 1. The minimum atomic E-state index is -0.595. The second-order valence-corrected chi connectivity index (χ2v) is 11.7. The molecule has 6 atom stereocenters. The number of methoxy groups -OCH3 is 1. The van der Waals surface area contributed by atoms with Crippen molar-refractivity contribution < 1.29 is 18.9 Å². The lowest BCUT2D eigenvalue weighted by Crippen LogP contribution is -2.59. The van der Waals surface area contributed by atoms with E-state index in [4.69, 9.17) is 42.1 Å². The summed E-state index contributed by atoms with van der Waals surface area (Å²) in [5.74, 6) is 0. The van der Waals surface area contributed by atoms with Gasteiger partial charge in [-0.25, -0.2) is 14.6 Å². The third-order valence-electron chi connectivity index (χ3n) is 6.38. The first-order chi connectivity index (χ1) is 19.0. The Balaban J connectivity index is 1.37. The van der Waals surface area contributed by atoms with E-state index in [9.17, 15) is 5.26 Å². The maximum atomic E-state index is 9.61. The summed E-state index contributed by atoms with van der Waals surface area (Å²) in [6.45, 7) is 0.274. The van der Waals surface area contributed by atoms with Crippen LogP contribution >= 0.6 is 46.3 Å². The number of hydrogen-bond donors (Lipinski definition) is 0. The molecule has 2 fully saturated rings. The minimum Gasteiger partial charge on any atom is -0.375 e. The molecule has 0 amide bonds. The van der Waals surface area contributed by atoms with Crippen LogP contribution in [0.4, 0.5) is 0 Å². The molecule has 0 N–H and O–H groups in total. The molecule has 6 rings (SSSR count). The molecule has 2 saturated heterocycles. The predicted molar refractivity (Wildman–Crippen MR) is 144 cm³/mol. The number of ether oxygens (including phenoxy) is 4. The second-order valence-electron chi connectivity index (χ2n) is 8.71. The minimum absolute atomic E-state index is 0.241. The van der Waals surface area contributed by atoms with Gasteiger partial charge in [-0.3, -0.25) is 0 Å². The smallest absolute Gasteiger partial charge is 0.184 e. The summed E-state index contributed by atoms with van der Waals surface area (Å²) < 4.78 is 27.2. The van der Waals surface area contributed by atoms with Gasteiger partial charge in [0, 0.05) is 29.1 Å². The molecule has 0 saturated carbocycles. The quantitative estimate of drug-likeness (QED) is 0.293. The summed E-state index contributed by atoms with van der Waals surface area (Å²) in [5, 5.41) is 20.6. The molecule has 0 radical (unpaired) electrons. The lowest BCUT2D eigenvalue weighted by Gasteiger charge is -2.48. The van der Waals surface area contributed by atoms with Crippen LogP contribution < -0.4 is 0 Å². The van der Waals surface area contributed by atoms with E-state index in [1.807, 2.05) is 35.7 Å². The molecule has 4 aromatic rings. The molecule has 39 heavy (non-hydrogen) atoms. The molecule has 0 aliphatic carbocycles. The van der Waals surface area contributed by atoms with Gasteiger partial charge in [-0.2, -0.15) is 5.26 Å². The van der Waals surface area contributed by atoms with E-state index in [0.717, 1.165) is 5.56 Å². The Morgan fingerprint density at radius 3 is 2.79 bits per heavy atom. The summed E-state index contributed by atoms with van der Waals surface area (Å²) >= 11 is 14.9. The number of nitriles is 1. The van der Waals surface area contributed by atoms with Gasteiger partial charge in [0.15, 0.2) is 16.5 Å². The summed E-state index contributed by atoms with van der Waals surface area (Å²) in [5.41, 5.74) is 1.75. The number of pyridine rings is 1. The van der Waals surface area contributed by atoms with Crippen molar-refractivity contribution in [3.05, 3.63) is 74.9 Å². The summed E-state index contributed by atoms with van der Waals surface area (Å²) in [6.07, 6.45) is 1.12. The highest BCUT2D eigenvalue weighted by molar-refractivity contribution is 7.99. The summed E-state index contributed by atoms with van der Waals surface area (Å²) in [6, 6.07) is 13.0. The number of benzene rings is 1. The molecular formula is C25H20Cl2N6O4S2.